The second kappa shape index (κ2) is 7.00. The Morgan fingerprint density at radius 3 is 2.43 bits per heavy atom. The molecular weight excluding hydrogens is 348 g/mol. The van der Waals surface area contributed by atoms with Gasteiger partial charge in [-0.15, -0.1) is 0 Å². The van der Waals surface area contributed by atoms with Crippen LogP contribution in [0.15, 0.2) is 47.6 Å². The molecule has 2 rings (SSSR count). The summed E-state index contributed by atoms with van der Waals surface area (Å²) < 4.78 is 52.9. The van der Waals surface area contributed by atoms with Gasteiger partial charge in [-0.05, 0) is 23.8 Å². The molecule has 0 radical (unpaired) electrons. The quantitative estimate of drug-likeness (QED) is 0.891. The van der Waals surface area contributed by atoms with Crippen LogP contribution in [-0.4, -0.2) is 19.8 Å². The summed E-state index contributed by atoms with van der Waals surface area (Å²) in [5, 5.41) is 9.11. The van der Waals surface area contributed by atoms with Crippen molar-refractivity contribution in [1.29, 1.82) is 5.26 Å². The lowest BCUT2D eigenvalue weighted by molar-refractivity contribution is 0.109. The van der Waals surface area contributed by atoms with Crippen molar-refractivity contribution in [1.82, 2.24) is 9.71 Å². The number of aromatic nitrogens is 1. The van der Waals surface area contributed by atoms with Crippen molar-refractivity contribution in [3.05, 3.63) is 58.9 Å². The first kappa shape index (κ1) is 17.3. The summed E-state index contributed by atoms with van der Waals surface area (Å²) in [6.45, 7) is 0. The molecule has 23 heavy (non-hydrogen) atoms. The van der Waals surface area contributed by atoms with E-state index in [0.717, 1.165) is 12.3 Å². The maximum atomic E-state index is 13.2. The molecule has 0 saturated heterocycles. The molecule has 0 fully saturated rings. The van der Waals surface area contributed by atoms with Gasteiger partial charge in [0, 0.05) is 17.4 Å². The minimum Gasteiger partial charge on any atom is -0.262 e. The van der Waals surface area contributed by atoms with Crippen LogP contribution in [0, 0.1) is 11.3 Å². The van der Waals surface area contributed by atoms with Gasteiger partial charge in [0.15, 0.2) is 0 Å². The molecule has 0 unspecified atom stereocenters. The third-order valence-corrected chi connectivity index (χ3v) is 4.58. The zero-order chi connectivity index (χ0) is 17.0. The molecule has 5 nitrogen and oxygen atoms in total. The Morgan fingerprint density at radius 2 is 1.87 bits per heavy atom. The fraction of sp³-hybridized carbons (Fsp3) is 0.143. The molecular formula is C14H10ClF2N3O2S. The Balaban J connectivity index is 2.35. The maximum absolute atomic E-state index is 13.2. The van der Waals surface area contributed by atoms with Crippen LogP contribution in [0.1, 0.15) is 17.2 Å². The number of halogens is 3. The van der Waals surface area contributed by atoms with Crippen LogP contribution in [0.4, 0.5) is 8.78 Å². The van der Waals surface area contributed by atoms with Gasteiger partial charge in [0.2, 0.25) is 10.0 Å². The molecule has 1 aromatic heterocycles. The van der Waals surface area contributed by atoms with E-state index in [0.29, 0.717) is 5.02 Å². The molecule has 0 saturated carbocycles. The number of alkyl halides is 2. The number of nitriles is 1. The molecule has 9 heteroatoms. The van der Waals surface area contributed by atoms with Crippen molar-refractivity contribution in [3.63, 3.8) is 0 Å². The second-order valence-electron chi connectivity index (χ2n) is 4.51. The first-order valence-corrected chi connectivity index (χ1v) is 8.10. The van der Waals surface area contributed by atoms with Gasteiger partial charge >= 0.3 is 0 Å². The van der Waals surface area contributed by atoms with E-state index in [1.807, 2.05) is 4.72 Å². The van der Waals surface area contributed by atoms with E-state index in [-0.39, 0.29) is 16.0 Å². The Morgan fingerprint density at radius 1 is 1.22 bits per heavy atom. The number of sulfonamides is 1. The van der Waals surface area contributed by atoms with Crippen molar-refractivity contribution in [2.75, 3.05) is 0 Å². The van der Waals surface area contributed by atoms with Gasteiger partial charge in [-0.3, -0.25) is 4.98 Å². The summed E-state index contributed by atoms with van der Waals surface area (Å²) in [7, 11) is -4.27. The highest BCUT2D eigenvalue weighted by Crippen LogP contribution is 2.24. The lowest BCUT2D eigenvalue weighted by Gasteiger charge is -2.18. The lowest BCUT2D eigenvalue weighted by Crippen LogP contribution is -2.33. The monoisotopic (exact) mass is 357 g/mol. The van der Waals surface area contributed by atoms with E-state index in [4.69, 9.17) is 16.9 Å². The molecule has 0 aliphatic heterocycles. The highest BCUT2D eigenvalue weighted by atomic mass is 35.5. The standard InChI is InChI=1S/C14H10ClF2N3O2S/c15-11-3-1-10(2-4-11)13(14(16)17)20-23(21,22)12-5-9(6-18)7-19-8-12/h1-5,7-8,13-14,20H/t13-/m1/s1. The van der Waals surface area contributed by atoms with Gasteiger partial charge in [-0.1, -0.05) is 23.7 Å². The number of hydrogen-bond acceptors (Lipinski definition) is 4. The summed E-state index contributed by atoms with van der Waals surface area (Å²) in [6, 6.07) is 6.44. The molecule has 120 valence electrons. The van der Waals surface area contributed by atoms with Crippen LogP contribution in [-0.2, 0) is 10.0 Å². The molecule has 1 N–H and O–H groups in total. The molecule has 0 amide bonds. The molecule has 0 bridgehead atoms. The highest BCUT2D eigenvalue weighted by molar-refractivity contribution is 7.89. The molecule has 0 aliphatic carbocycles. The number of pyridine rings is 1. The van der Waals surface area contributed by atoms with E-state index < -0.39 is 22.5 Å². The van der Waals surface area contributed by atoms with Crippen LogP contribution in [0.5, 0.6) is 0 Å². The zero-order valence-electron chi connectivity index (χ0n) is 11.4. The number of benzene rings is 1. The SMILES string of the molecule is N#Cc1cncc(S(=O)(=O)N[C@H](c2ccc(Cl)cc2)C(F)F)c1. The Hall–Kier alpha value is -2.08. The molecule has 0 aliphatic rings. The second-order valence-corrected chi connectivity index (χ2v) is 6.66. The third kappa shape index (κ3) is 4.22. The summed E-state index contributed by atoms with van der Waals surface area (Å²) in [6.07, 6.45) is -0.825. The van der Waals surface area contributed by atoms with Gasteiger partial charge in [0.25, 0.3) is 6.43 Å². The van der Waals surface area contributed by atoms with E-state index in [1.54, 1.807) is 6.07 Å². The Kier molecular flexibility index (Phi) is 5.26. The third-order valence-electron chi connectivity index (χ3n) is 2.92. The molecule has 1 heterocycles. The van der Waals surface area contributed by atoms with Crippen molar-refractivity contribution in [3.8, 4) is 6.07 Å². The van der Waals surface area contributed by atoms with Crippen molar-refractivity contribution in [2.24, 2.45) is 0 Å². The molecule has 2 aromatic rings. The average molecular weight is 358 g/mol. The lowest BCUT2D eigenvalue weighted by atomic mass is 10.1. The van der Waals surface area contributed by atoms with Crippen LogP contribution in [0.3, 0.4) is 0 Å². The van der Waals surface area contributed by atoms with Gasteiger partial charge in [0.1, 0.15) is 17.0 Å². The average Bonchev–Trinajstić information content (AvgIpc) is 2.53. The van der Waals surface area contributed by atoms with Gasteiger partial charge in [-0.25, -0.2) is 17.2 Å². The van der Waals surface area contributed by atoms with Crippen molar-refractivity contribution < 1.29 is 17.2 Å². The number of nitrogens with one attached hydrogen (secondary N) is 1. The van der Waals surface area contributed by atoms with E-state index in [9.17, 15) is 17.2 Å². The minimum atomic E-state index is -4.27. The molecule has 0 spiro atoms. The summed E-state index contributed by atoms with van der Waals surface area (Å²) in [5.41, 5.74) is 0.0744. The molecule has 1 aromatic carbocycles. The first-order valence-electron chi connectivity index (χ1n) is 6.24. The fourth-order valence-electron chi connectivity index (χ4n) is 1.80. The van der Waals surface area contributed by atoms with Crippen LogP contribution >= 0.6 is 11.6 Å². The van der Waals surface area contributed by atoms with Gasteiger partial charge in [0.05, 0.1) is 5.56 Å². The smallest absolute Gasteiger partial charge is 0.258 e. The fourth-order valence-corrected chi connectivity index (χ4v) is 3.11. The summed E-state index contributed by atoms with van der Waals surface area (Å²) in [4.78, 5) is 3.25. The topological polar surface area (TPSA) is 82.8 Å². The zero-order valence-corrected chi connectivity index (χ0v) is 13.0. The van der Waals surface area contributed by atoms with Crippen molar-refractivity contribution in [2.45, 2.75) is 17.4 Å². The summed E-state index contributed by atoms with van der Waals surface area (Å²) in [5.74, 6) is 0. The number of nitrogens with zero attached hydrogens (tertiary/aromatic N) is 2. The first-order chi connectivity index (χ1) is 10.8. The highest BCUT2D eigenvalue weighted by Gasteiger charge is 2.28. The normalized spacial score (nSPS) is 12.8. The number of rotatable bonds is 5. The minimum absolute atomic E-state index is 0.00737. The van der Waals surface area contributed by atoms with Crippen LogP contribution in [0.2, 0.25) is 5.02 Å². The number of hydrogen-bond donors (Lipinski definition) is 1. The predicted molar refractivity (Wildman–Crippen MR) is 79.5 cm³/mol. The van der Waals surface area contributed by atoms with Crippen LogP contribution < -0.4 is 4.72 Å². The largest absolute Gasteiger partial charge is 0.262 e. The van der Waals surface area contributed by atoms with E-state index in [1.165, 1.54) is 30.5 Å². The van der Waals surface area contributed by atoms with Gasteiger partial charge in [-0.2, -0.15) is 9.98 Å². The van der Waals surface area contributed by atoms with Crippen LogP contribution in [0.25, 0.3) is 0 Å². The predicted octanol–water partition coefficient (Wildman–Crippen LogP) is 2.89. The van der Waals surface area contributed by atoms with Gasteiger partial charge < -0.3 is 0 Å². The molecule has 1 atom stereocenters. The van der Waals surface area contributed by atoms with E-state index >= 15 is 0 Å². The summed E-state index contributed by atoms with van der Waals surface area (Å²) >= 11 is 5.69. The Bertz CT molecular complexity index is 836. The Labute approximate surface area is 136 Å². The van der Waals surface area contributed by atoms with E-state index in [2.05, 4.69) is 4.98 Å². The van der Waals surface area contributed by atoms with Crippen molar-refractivity contribution >= 4 is 21.6 Å². The maximum Gasteiger partial charge on any atom is 0.258 e.